The second-order valence-corrected chi connectivity index (χ2v) is 8.17. The minimum absolute atomic E-state index is 0.191. The first-order valence-electron chi connectivity index (χ1n) is 9.22. The molecule has 29 heavy (non-hydrogen) atoms. The van der Waals surface area contributed by atoms with Crippen LogP contribution in [0.4, 0.5) is 0 Å². The van der Waals surface area contributed by atoms with Crippen molar-refractivity contribution in [2.45, 2.75) is 32.9 Å². The molecule has 0 aliphatic heterocycles. The molecular weight excluding hydrogens is 479 g/mol. The van der Waals surface area contributed by atoms with Crippen molar-refractivity contribution in [3.63, 3.8) is 0 Å². The Hall–Kier alpha value is -1.76. The maximum Gasteiger partial charge on any atom is 0.261 e. The summed E-state index contributed by atoms with van der Waals surface area (Å²) < 4.78 is 6.41. The lowest BCUT2D eigenvalue weighted by molar-refractivity contribution is -0.142. The molecular formula is C21H23BrCl2N2O3. The maximum absolute atomic E-state index is 13.0. The van der Waals surface area contributed by atoms with Gasteiger partial charge in [-0.25, -0.2) is 0 Å². The van der Waals surface area contributed by atoms with E-state index < -0.39 is 6.04 Å². The summed E-state index contributed by atoms with van der Waals surface area (Å²) in [6.07, 6.45) is 0.808. The number of benzene rings is 2. The number of rotatable bonds is 9. The molecule has 156 valence electrons. The molecule has 0 bridgehead atoms. The molecule has 2 aromatic rings. The molecule has 1 atom stereocenters. The van der Waals surface area contributed by atoms with Gasteiger partial charge >= 0.3 is 0 Å². The van der Waals surface area contributed by atoms with Crippen LogP contribution in [-0.4, -0.2) is 35.9 Å². The fourth-order valence-corrected chi connectivity index (χ4v) is 3.53. The molecule has 0 aromatic heterocycles. The number of halogens is 3. The van der Waals surface area contributed by atoms with E-state index in [0.29, 0.717) is 22.3 Å². The predicted octanol–water partition coefficient (Wildman–Crippen LogP) is 5.08. The molecule has 0 saturated heterocycles. The molecule has 0 aliphatic carbocycles. The fraction of sp³-hybridized carbons (Fsp3) is 0.333. The van der Waals surface area contributed by atoms with Crippen molar-refractivity contribution in [3.8, 4) is 5.75 Å². The van der Waals surface area contributed by atoms with Crippen molar-refractivity contribution in [3.05, 3.63) is 62.5 Å². The molecule has 2 rings (SSSR count). The average molecular weight is 502 g/mol. The SMILES string of the molecule is CCCNC(=O)[C@@H](C)N(Cc1ccccc1Cl)C(=O)COc1ccc(Br)cc1Cl. The van der Waals surface area contributed by atoms with E-state index in [1.165, 1.54) is 4.90 Å². The average Bonchev–Trinajstić information content (AvgIpc) is 2.70. The first-order valence-corrected chi connectivity index (χ1v) is 10.8. The number of carbonyl (C=O) groups excluding carboxylic acids is 2. The van der Waals surface area contributed by atoms with Gasteiger partial charge < -0.3 is 15.0 Å². The van der Waals surface area contributed by atoms with E-state index in [0.717, 1.165) is 16.5 Å². The van der Waals surface area contributed by atoms with Gasteiger partial charge in [-0.1, -0.05) is 64.3 Å². The Morgan fingerprint density at radius 3 is 2.55 bits per heavy atom. The molecule has 0 radical (unpaired) electrons. The Morgan fingerprint density at radius 1 is 1.17 bits per heavy atom. The number of nitrogens with one attached hydrogen (secondary N) is 1. The summed E-state index contributed by atoms with van der Waals surface area (Å²) in [5.41, 5.74) is 0.749. The van der Waals surface area contributed by atoms with Crippen molar-refractivity contribution in [1.29, 1.82) is 0 Å². The van der Waals surface area contributed by atoms with Gasteiger partial charge in [0, 0.05) is 22.6 Å². The van der Waals surface area contributed by atoms with Crippen LogP contribution < -0.4 is 10.1 Å². The van der Waals surface area contributed by atoms with Crippen LogP contribution >= 0.6 is 39.1 Å². The largest absolute Gasteiger partial charge is 0.482 e. The highest BCUT2D eigenvalue weighted by Crippen LogP contribution is 2.28. The van der Waals surface area contributed by atoms with Gasteiger partial charge in [0.05, 0.1) is 5.02 Å². The summed E-state index contributed by atoms with van der Waals surface area (Å²) in [5, 5.41) is 3.74. The van der Waals surface area contributed by atoms with E-state index in [-0.39, 0.29) is 25.0 Å². The third kappa shape index (κ3) is 6.91. The molecule has 1 N–H and O–H groups in total. The maximum atomic E-state index is 13.0. The zero-order valence-electron chi connectivity index (χ0n) is 16.3. The third-order valence-corrected chi connectivity index (χ3v) is 5.42. The zero-order chi connectivity index (χ0) is 21.4. The van der Waals surface area contributed by atoms with Gasteiger partial charge in [-0.15, -0.1) is 0 Å². The van der Waals surface area contributed by atoms with Gasteiger partial charge in [0.2, 0.25) is 5.91 Å². The number of hydrogen-bond donors (Lipinski definition) is 1. The van der Waals surface area contributed by atoms with Gasteiger partial charge in [0.15, 0.2) is 6.61 Å². The summed E-state index contributed by atoms with van der Waals surface area (Å²) in [7, 11) is 0. The molecule has 8 heteroatoms. The Labute approximate surface area is 189 Å². The number of amides is 2. The summed E-state index contributed by atoms with van der Waals surface area (Å²) >= 11 is 15.7. The molecule has 0 spiro atoms. The molecule has 0 heterocycles. The quantitative estimate of drug-likeness (QED) is 0.521. The second kappa shape index (κ2) is 11.4. The molecule has 0 unspecified atom stereocenters. The van der Waals surface area contributed by atoms with Crippen LogP contribution in [0.3, 0.4) is 0 Å². The summed E-state index contributed by atoms with van der Waals surface area (Å²) in [6, 6.07) is 11.7. The minimum Gasteiger partial charge on any atom is -0.482 e. The summed E-state index contributed by atoms with van der Waals surface area (Å²) in [5.74, 6) is -0.180. The number of nitrogens with zero attached hydrogens (tertiary/aromatic N) is 1. The van der Waals surface area contributed by atoms with Crippen molar-refractivity contribution < 1.29 is 14.3 Å². The minimum atomic E-state index is -0.686. The Bertz CT molecular complexity index is 864. The highest BCUT2D eigenvalue weighted by atomic mass is 79.9. The zero-order valence-corrected chi connectivity index (χ0v) is 19.4. The van der Waals surface area contributed by atoms with E-state index in [1.54, 1.807) is 31.2 Å². The summed E-state index contributed by atoms with van der Waals surface area (Å²) in [4.78, 5) is 26.9. The molecule has 0 aliphatic rings. The van der Waals surface area contributed by atoms with E-state index in [9.17, 15) is 9.59 Å². The van der Waals surface area contributed by atoms with Gasteiger partial charge in [-0.3, -0.25) is 9.59 Å². The molecule has 5 nitrogen and oxygen atoms in total. The van der Waals surface area contributed by atoms with Crippen LogP contribution in [-0.2, 0) is 16.1 Å². The van der Waals surface area contributed by atoms with E-state index >= 15 is 0 Å². The van der Waals surface area contributed by atoms with Crippen LogP contribution in [0.5, 0.6) is 5.75 Å². The summed E-state index contributed by atoms with van der Waals surface area (Å²) in [6.45, 7) is 4.13. The lowest BCUT2D eigenvalue weighted by Gasteiger charge is -2.29. The van der Waals surface area contributed by atoms with Crippen molar-refractivity contribution in [2.75, 3.05) is 13.2 Å². The van der Waals surface area contributed by atoms with Crippen LogP contribution in [0, 0.1) is 0 Å². The smallest absolute Gasteiger partial charge is 0.261 e. The normalized spacial score (nSPS) is 11.6. The Kier molecular flexibility index (Phi) is 9.27. The highest BCUT2D eigenvalue weighted by Gasteiger charge is 2.27. The van der Waals surface area contributed by atoms with Gasteiger partial charge in [-0.2, -0.15) is 0 Å². The molecule has 2 aromatic carbocycles. The molecule has 2 amide bonds. The number of ether oxygens (including phenoxy) is 1. The Balaban J connectivity index is 2.17. The number of carbonyl (C=O) groups is 2. The second-order valence-electron chi connectivity index (χ2n) is 6.44. The van der Waals surface area contributed by atoms with Crippen LogP contribution in [0.25, 0.3) is 0 Å². The number of hydrogen-bond acceptors (Lipinski definition) is 3. The van der Waals surface area contributed by atoms with Crippen LogP contribution in [0.2, 0.25) is 10.0 Å². The van der Waals surface area contributed by atoms with Crippen LogP contribution in [0.15, 0.2) is 46.9 Å². The highest BCUT2D eigenvalue weighted by molar-refractivity contribution is 9.10. The monoisotopic (exact) mass is 500 g/mol. The van der Waals surface area contributed by atoms with Crippen molar-refractivity contribution in [1.82, 2.24) is 10.2 Å². The third-order valence-electron chi connectivity index (χ3n) is 4.26. The predicted molar refractivity (Wildman–Crippen MR) is 119 cm³/mol. The lowest BCUT2D eigenvalue weighted by atomic mass is 10.1. The topological polar surface area (TPSA) is 58.6 Å². The standard InChI is InChI=1S/C21H23BrCl2N2O3/c1-3-10-25-21(28)14(2)26(12-15-6-4-5-7-17(15)23)20(27)13-29-19-9-8-16(22)11-18(19)24/h4-9,11,14H,3,10,12-13H2,1-2H3,(H,25,28)/t14-/m1/s1. The van der Waals surface area contributed by atoms with E-state index in [1.807, 2.05) is 25.1 Å². The Morgan fingerprint density at radius 2 is 1.90 bits per heavy atom. The van der Waals surface area contributed by atoms with E-state index in [4.69, 9.17) is 27.9 Å². The van der Waals surface area contributed by atoms with Gasteiger partial charge in [0.25, 0.3) is 5.91 Å². The first-order chi connectivity index (χ1) is 13.8. The van der Waals surface area contributed by atoms with Crippen molar-refractivity contribution in [2.24, 2.45) is 0 Å². The lowest BCUT2D eigenvalue weighted by Crippen LogP contribution is -2.49. The molecule has 0 saturated carbocycles. The van der Waals surface area contributed by atoms with Crippen molar-refractivity contribution >= 4 is 50.9 Å². The van der Waals surface area contributed by atoms with Crippen LogP contribution in [0.1, 0.15) is 25.8 Å². The van der Waals surface area contributed by atoms with Gasteiger partial charge in [-0.05, 0) is 43.2 Å². The van der Waals surface area contributed by atoms with Gasteiger partial charge in [0.1, 0.15) is 11.8 Å². The first kappa shape index (κ1) is 23.5. The van der Waals surface area contributed by atoms with E-state index in [2.05, 4.69) is 21.2 Å². The molecule has 0 fully saturated rings. The fourth-order valence-electron chi connectivity index (χ4n) is 2.60.